The molecule has 1 heterocycles. The number of rotatable bonds is 4. The van der Waals surface area contributed by atoms with E-state index >= 15 is 0 Å². The number of aliphatic hydroxyl groups is 1. The van der Waals surface area contributed by atoms with Crippen molar-refractivity contribution in [1.29, 1.82) is 0 Å². The van der Waals surface area contributed by atoms with Gasteiger partial charge in [0.25, 0.3) is 0 Å². The highest BCUT2D eigenvalue weighted by Gasteiger charge is 2.08. The van der Waals surface area contributed by atoms with Crippen LogP contribution in [0.25, 0.3) is 11.0 Å². The summed E-state index contributed by atoms with van der Waals surface area (Å²) in [5.74, 6) is 0. The third-order valence-electron chi connectivity index (χ3n) is 2.36. The number of hydrogen-bond acceptors (Lipinski definition) is 4. The predicted molar refractivity (Wildman–Crippen MR) is 67.5 cm³/mol. The fourth-order valence-corrected chi connectivity index (χ4v) is 2.15. The standard InChI is InChI=1S/C11H14BrN3O2/c1-7(16)5-17-6-8-3-9(12)11-10(4-8)15(2)14-13-11/h3-4,7,16H,5-6H2,1-2H3. The molecule has 5 nitrogen and oxygen atoms in total. The number of halogens is 1. The van der Waals surface area contributed by atoms with E-state index in [1.807, 2.05) is 19.2 Å². The van der Waals surface area contributed by atoms with Crippen LogP contribution in [0.2, 0.25) is 0 Å². The van der Waals surface area contributed by atoms with Gasteiger partial charge in [0.2, 0.25) is 0 Å². The minimum atomic E-state index is -0.444. The molecule has 92 valence electrons. The Morgan fingerprint density at radius 3 is 3.00 bits per heavy atom. The quantitative estimate of drug-likeness (QED) is 0.932. The molecule has 1 atom stereocenters. The summed E-state index contributed by atoms with van der Waals surface area (Å²) in [4.78, 5) is 0. The average molecular weight is 300 g/mol. The molecule has 1 aromatic heterocycles. The first-order valence-corrected chi connectivity index (χ1v) is 6.11. The van der Waals surface area contributed by atoms with Crippen LogP contribution in [0.4, 0.5) is 0 Å². The molecular weight excluding hydrogens is 286 g/mol. The van der Waals surface area contributed by atoms with Crippen LogP contribution >= 0.6 is 15.9 Å². The lowest BCUT2D eigenvalue weighted by atomic mass is 10.2. The maximum Gasteiger partial charge on any atom is 0.127 e. The number of aromatic nitrogens is 3. The van der Waals surface area contributed by atoms with Gasteiger partial charge < -0.3 is 9.84 Å². The molecule has 0 amide bonds. The topological polar surface area (TPSA) is 60.2 Å². The van der Waals surface area contributed by atoms with Gasteiger partial charge in [0.05, 0.1) is 24.8 Å². The van der Waals surface area contributed by atoms with Crippen molar-refractivity contribution in [2.75, 3.05) is 6.61 Å². The molecule has 0 aliphatic carbocycles. The highest BCUT2D eigenvalue weighted by molar-refractivity contribution is 9.10. The van der Waals surface area contributed by atoms with Crippen LogP contribution in [0.15, 0.2) is 16.6 Å². The van der Waals surface area contributed by atoms with Gasteiger partial charge in [-0.15, -0.1) is 5.10 Å². The van der Waals surface area contributed by atoms with Crippen LogP contribution in [0.1, 0.15) is 12.5 Å². The number of fused-ring (bicyclic) bond motifs is 1. The Hall–Kier alpha value is -0.980. The fourth-order valence-electron chi connectivity index (χ4n) is 1.58. The Morgan fingerprint density at radius 1 is 1.53 bits per heavy atom. The number of ether oxygens (including phenoxy) is 1. The zero-order chi connectivity index (χ0) is 12.4. The van der Waals surface area contributed by atoms with Crippen molar-refractivity contribution in [2.24, 2.45) is 7.05 Å². The molecule has 1 N–H and O–H groups in total. The minimum absolute atomic E-state index is 0.333. The number of nitrogens with zero attached hydrogens (tertiary/aromatic N) is 3. The van der Waals surface area contributed by atoms with Gasteiger partial charge in [-0.1, -0.05) is 5.21 Å². The van der Waals surface area contributed by atoms with Gasteiger partial charge >= 0.3 is 0 Å². The van der Waals surface area contributed by atoms with E-state index in [1.165, 1.54) is 0 Å². The Morgan fingerprint density at radius 2 is 2.29 bits per heavy atom. The smallest absolute Gasteiger partial charge is 0.127 e. The Balaban J connectivity index is 2.20. The number of benzene rings is 1. The molecule has 0 bridgehead atoms. The molecule has 0 saturated carbocycles. The lowest BCUT2D eigenvalue weighted by molar-refractivity contribution is 0.0376. The first-order valence-electron chi connectivity index (χ1n) is 5.31. The van der Waals surface area contributed by atoms with Crippen molar-refractivity contribution >= 4 is 27.0 Å². The van der Waals surface area contributed by atoms with E-state index in [-0.39, 0.29) is 0 Å². The molecule has 0 aliphatic rings. The van der Waals surface area contributed by atoms with E-state index in [0.29, 0.717) is 13.2 Å². The van der Waals surface area contributed by atoms with Gasteiger partial charge in [-0.3, -0.25) is 0 Å². The molecule has 2 rings (SSSR count). The minimum Gasteiger partial charge on any atom is -0.391 e. The Labute approximate surface area is 108 Å². The maximum absolute atomic E-state index is 9.11. The summed E-state index contributed by atoms with van der Waals surface area (Å²) in [7, 11) is 1.85. The normalized spacial score (nSPS) is 13.2. The van der Waals surface area contributed by atoms with Gasteiger partial charge in [0.15, 0.2) is 0 Å². The predicted octanol–water partition coefficient (Wildman–Crippen LogP) is 1.63. The van der Waals surface area contributed by atoms with E-state index in [9.17, 15) is 0 Å². The highest BCUT2D eigenvalue weighted by atomic mass is 79.9. The molecule has 1 aromatic carbocycles. The van der Waals surface area contributed by atoms with Crippen LogP contribution in [0.3, 0.4) is 0 Å². The van der Waals surface area contributed by atoms with Gasteiger partial charge in [-0.05, 0) is 40.5 Å². The van der Waals surface area contributed by atoms with E-state index in [2.05, 4.69) is 26.2 Å². The molecule has 0 saturated heterocycles. The number of aryl methyl sites for hydroxylation is 1. The van der Waals surface area contributed by atoms with E-state index in [1.54, 1.807) is 11.6 Å². The molecular formula is C11H14BrN3O2. The van der Waals surface area contributed by atoms with Crippen molar-refractivity contribution < 1.29 is 9.84 Å². The van der Waals surface area contributed by atoms with Crippen molar-refractivity contribution in [3.63, 3.8) is 0 Å². The zero-order valence-electron chi connectivity index (χ0n) is 9.72. The lowest BCUT2D eigenvalue weighted by Crippen LogP contribution is -2.10. The average Bonchev–Trinajstić information content (AvgIpc) is 2.61. The number of hydrogen-bond donors (Lipinski definition) is 1. The molecule has 17 heavy (non-hydrogen) atoms. The summed E-state index contributed by atoms with van der Waals surface area (Å²) < 4.78 is 8.00. The number of aliphatic hydroxyl groups excluding tert-OH is 1. The van der Waals surface area contributed by atoms with Crippen molar-refractivity contribution in [1.82, 2.24) is 15.0 Å². The molecule has 2 aromatic rings. The third kappa shape index (κ3) is 2.83. The molecule has 0 spiro atoms. The molecule has 0 radical (unpaired) electrons. The Bertz CT molecular complexity index is 525. The van der Waals surface area contributed by atoms with Crippen LogP contribution < -0.4 is 0 Å². The SMILES string of the molecule is CC(O)COCc1cc(Br)c2nnn(C)c2c1. The Kier molecular flexibility index (Phi) is 3.76. The second kappa shape index (κ2) is 5.12. The van der Waals surface area contributed by atoms with Gasteiger partial charge in [0.1, 0.15) is 5.52 Å². The monoisotopic (exact) mass is 299 g/mol. The maximum atomic E-state index is 9.11. The largest absolute Gasteiger partial charge is 0.391 e. The summed E-state index contributed by atoms with van der Waals surface area (Å²) in [5.41, 5.74) is 2.82. The van der Waals surface area contributed by atoms with Crippen LogP contribution in [-0.4, -0.2) is 32.8 Å². The van der Waals surface area contributed by atoms with E-state index < -0.39 is 6.10 Å². The van der Waals surface area contributed by atoms with Crippen molar-refractivity contribution in [2.45, 2.75) is 19.6 Å². The zero-order valence-corrected chi connectivity index (χ0v) is 11.3. The summed E-state index contributed by atoms with van der Waals surface area (Å²) in [6.07, 6.45) is -0.444. The van der Waals surface area contributed by atoms with E-state index in [0.717, 1.165) is 21.1 Å². The highest BCUT2D eigenvalue weighted by Crippen LogP contribution is 2.23. The van der Waals surface area contributed by atoms with Crippen LogP contribution in [0.5, 0.6) is 0 Å². The van der Waals surface area contributed by atoms with Crippen molar-refractivity contribution in [3.8, 4) is 0 Å². The van der Waals surface area contributed by atoms with Crippen LogP contribution in [-0.2, 0) is 18.4 Å². The molecule has 1 unspecified atom stereocenters. The summed E-state index contributed by atoms with van der Waals surface area (Å²) in [6, 6.07) is 3.95. The van der Waals surface area contributed by atoms with Crippen LogP contribution in [0, 0.1) is 0 Å². The summed E-state index contributed by atoms with van der Waals surface area (Å²) in [6.45, 7) is 2.49. The molecule has 0 fully saturated rings. The molecule has 6 heteroatoms. The second-order valence-corrected chi connectivity index (χ2v) is 4.88. The van der Waals surface area contributed by atoms with E-state index in [4.69, 9.17) is 9.84 Å². The van der Waals surface area contributed by atoms with Gasteiger partial charge in [0, 0.05) is 11.5 Å². The van der Waals surface area contributed by atoms with Gasteiger partial charge in [-0.25, -0.2) is 4.68 Å². The summed E-state index contributed by atoms with van der Waals surface area (Å²) >= 11 is 3.46. The fraction of sp³-hybridized carbons (Fsp3) is 0.455. The lowest BCUT2D eigenvalue weighted by Gasteiger charge is -2.07. The second-order valence-electron chi connectivity index (χ2n) is 4.02. The third-order valence-corrected chi connectivity index (χ3v) is 2.96. The first-order chi connectivity index (χ1) is 8.08. The molecule has 0 aliphatic heterocycles. The van der Waals surface area contributed by atoms with Gasteiger partial charge in [-0.2, -0.15) is 0 Å². The van der Waals surface area contributed by atoms with Crippen molar-refractivity contribution in [3.05, 3.63) is 22.2 Å². The summed E-state index contributed by atoms with van der Waals surface area (Å²) in [5, 5.41) is 17.1. The first kappa shape index (κ1) is 12.5.